The Bertz CT molecular complexity index is 612. The van der Waals surface area contributed by atoms with Gasteiger partial charge in [0.05, 0.1) is 6.61 Å². The van der Waals surface area contributed by atoms with Gasteiger partial charge < -0.3 is 15.0 Å². The highest BCUT2D eigenvalue weighted by Gasteiger charge is 2.37. The molecule has 0 radical (unpaired) electrons. The number of amides is 1. The average molecular weight is 328 g/mol. The highest BCUT2D eigenvalue weighted by Crippen LogP contribution is 2.33. The fourth-order valence-electron chi connectivity index (χ4n) is 4.10. The first-order valence-corrected chi connectivity index (χ1v) is 9.51. The van der Waals surface area contributed by atoms with Gasteiger partial charge in [-0.25, -0.2) is 0 Å². The molecule has 2 atom stereocenters. The maximum absolute atomic E-state index is 12.3. The van der Waals surface area contributed by atoms with Gasteiger partial charge in [0.2, 0.25) is 5.91 Å². The van der Waals surface area contributed by atoms with Gasteiger partial charge in [0.1, 0.15) is 5.75 Å². The molecule has 1 aromatic carbocycles. The molecule has 4 rings (SSSR count). The number of likely N-dealkylation sites (tertiary alicyclic amines) is 1. The number of carbonyl (C=O) groups excluding carboxylic acids is 1. The standard InChI is InChI=1S/C20H28N2O2/c1-2-15-13-22(20(23)16-4-5-16)9-7-18(15)21-12-14-3-6-19-17(11-14)8-10-24-19/h3,6,11,15-16,18,21H,2,4-5,7-10,12-13H2,1H3/t15-,18+/m0/s1. The Labute approximate surface area is 144 Å². The fourth-order valence-corrected chi connectivity index (χ4v) is 4.10. The minimum Gasteiger partial charge on any atom is -0.493 e. The van der Waals surface area contributed by atoms with Crippen LogP contribution in [-0.2, 0) is 17.8 Å². The Morgan fingerprint density at radius 3 is 3.00 bits per heavy atom. The van der Waals surface area contributed by atoms with Gasteiger partial charge in [-0.1, -0.05) is 25.5 Å². The Morgan fingerprint density at radius 2 is 2.21 bits per heavy atom. The molecule has 0 bridgehead atoms. The zero-order chi connectivity index (χ0) is 16.5. The minimum atomic E-state index is 0.348. The summed E-state index contributed by atoms with van der Waals surface area (Å²) in [6, 6.07) is 7.07. The van der Waals surface area contributed by atoms with E-state index in [9.17, 15) is 4.79 Å². The Kier molecular flexibility index (Phi) is 4.49. The van der Waals surface area contributed by atoms with Crippen molar-refractivity contribution in [1.29, 1.82) is 0 Å². The van der Waals surface area contributed by atoms with Crippen molar-refractivity contribution in [3.8, 4) is 5.75 Å². The van der Waals surface area contributed by atoms with Crippen LogP contribution in [0.4, 0.5) is 0 Å². The maximum Gasteiger partial charge on any atom is 0.225 e. The van der Waals surface area contributed by atoms with Crippen LogP contribution >= 0.6 is 0 Å². The topological polar surface area (TPSA) is 41.6 Å². The normalized spacial score (nSPS) is 26.1. The summed E-state index contributed by atoms with van der Waals surface area (Å²) in [5.41, 5.74) is 2.68. The van der Waals surface area contributed by atoms with Crippen LogP contribution in [0.2, 0.25) is 0 Å². The number of fused-ring (bicyclic) bond motifs is 1. The molecular formula is C20H28N2O2. The first kappa shape index (κ1) is 15.9. The van der Waals surface area contributed by atoms with Crippen molar-refractivity contribution in [2.24, 2.45) is 11.8 Å². The van der Waals surface area contributed by atoms with Crippen molar-refractivity contribution in [3.05, 3.63) is 29.3 Å². The summed E-state index contributed by atoms with van der Waals surface area (Å²) < 4.78 is 5.58. The zero-order valence-corrected chi connectivity index (χ0v) is 14.6. The molecule has 3 aliphatic rings. The predicted octanol–water partition coefficient (Wildman–Crippen LogP) is 2.75. The summed E-state index contributed by atoms with van der Waals surface area (Å²) >= 11 is 0. The highest BCUT2D eigenvalue weighted by atomic mass is 16.5. The van der Waals surface area contributed by atoms with Gasteiger partial charge in [-0.2, -0.15) is 0 Å². The number of nitrogens with zero attached hydrogens (tertiary/aromatic N) is 1. The van der Waals surface area contributed by atoms with Crippen LogP contribution in [0, 0.1) is 11.8 Å². The van der Waals surface area contributed by atoms with E-state index >= 15 is 0 Å². The van der Waals surface area contributed by atoms with Gasteiger partial charge >= 0.3 is 0 Å². The fraction of sp³-hybridized carbons (Fsp3) is 0.650. The number of piperidine rings is 1. The van der Waals surface area contributed by atoms with Crippen LogP contribution in [0.1, 0.15) is 43.7 Å². The molecule has 1 amide bonds. The lowest BCUT2D eigenvalue weighted by Crippen LogP contribution is -2.51. The molecule has 0 spiro atoms. The van der Waals surface area contributed by atoms with E-state index in [0.717, 1.165) is 64.1 Å². The number of hydrogen-bond donors (Lipinski definition) is 1. The largest absolute Gasteiger partial charge is 0.493 e. The third kappa shape index (κ3) is 3.30. The molecule has 2 heterocycles. The van der Waals surface area contributed by atoms with Crippen molar-refractivity contribution in [2.45, 2.75) is 51.6 Å². The minimum absolute atomic E-state index is 0.348. The highest BCUT2D eigenvalue weighted by molar-refractivity contribution is 5.81. The number of hydrogen-bond acceptors (Lipinski definition) is 3. The summed E-state index contributed by atoms with van der Waals surface area (Å²) in [4.78, 5) is 14.4. The molecule has 0 unspecified atom stereocenters. The smallest absolute Gasteiger partial charge is 0.225 e. The monoisotopic (exact) mass is 328 g/mol. The number of rotatable bonds is 5. The molecule has 130 valence electrons. The lowest BCUT2D eigenvalue weighted by Gasteiger charge is -2.39. The number of carbonyl (C=O) groups is 1. The summed E-state index contributed by atoms with van der Waals surface area (Å²) in [6.45, 7) is 5.82. The molecular weight excluding hydrogens is 300 g/mol. The van der Waals surface area contributed by atoms with Crippen molar-refractivity contribution in [2.75, 3.05) is 19.7 Å². The van der Waals surface area contributed by atoms with Crippen LogP contribution in [0.25, 0.3) is 0 Å². The van der Waals surface area contributed by atoms with Gasteiger partial charge in [0, 0.05) is 38.0 Å². The number of nitrogens with one attached hydrogen (secondary N) is 1. The maximum atomic E-state index is 12.3. The molecule has 2 aliphatic heterocycles. The van der Waals surface area contributed by atoms with Crippen LogP contribution in [0.3, 0.4) is 0 Å². The molecule has 24 heavy (non-hydrogen) atoms. The summed E-state index contributed by atoms with van der Waals surface area (Å²) in [6.07, 6.45) is 5.45. The molecule has 1 saturated heterocycles. The van der Waals surface area contributed by atoms with Gasteiger partial charge in [0.25, 0.3) is 0 Å². The molecule has 2 fully saturated rings. The second-order valence-electron chi connectivity index (χ2n) is 7.54. The molecule has 4 nitrogen and oxygen atoms in total. The predicted molar refractivity (Wildman–Crippen MR) is 94.0 cm³/mol. The quantitative estimate of drug-likeness (QED) is 0.904. The third-order valence-corrected chi connectivity index (χ3v) is 5.82. The van der Waals surface area contributed by atoms with Crippen LogP contribution in [-0.4, -0.2) is 36.5 Å². The van der Waals surface area contributed by atoms with Gasteiger partial charge in [-0.05, 0) is 42.4 Å². The molecule has 0 aromatic heterocycles. The molecule has 1 aliphatic carbocycles. The van der Waals surface area contributed by atoms with E-state index in [1.165, 1.54) is 11.1 Å². The van der Waals surface area contributed by atoms with E-state index in [2.05, 4.69) is 35.3 Å². The van der Waals surface area contributed by atoms with Crippen molar-refractivity contribution < 1.29 is 9.53 Å². The lowest BCUT2D eigenvalue weighted by molar-refractivity contribution is -0.134. The second-order valence-corrected chi connectivity index (χ2v) is 7.54. The van der Waals surface area contributed by atoms with E-state index in [0.29, 0.717) is 23.8 Å². The van der Waals surface area contributed by atoms with Crippen LogP contribution in [0.5, 0.6) is 5.75 Å². The van der Waals surface area contributed by atoms with E-state index in [4.69, 9.17) is 4.74 Å². The van der Waals surface area contributed by atoms with Crippen LogP contribution in [0.15, 0.2) is 18.2 Å². The van der Waals surface area contributed by atoms with Crippen molar-refractivity contribution in [1.82, 2.24) is 10.2 Å². The van der Waals surface area contributed by atoms with E-state index in [1.807, 2.05) is 0 Å². The summed E-state index contributed by atoms with van der Waals surface area (Å²) in [7, 11) is 0. The summed E-state index contributed by atoms with van der Waals surface area (Å²) in [5, 5.41) is 3.76. The Morgan fingerprint density at radius 1 is 1.33 bits per heavy atom. The van der Waals surface area contributed by atoms with Crippen molar-refractivity contribution >= 4 is 5.91 Å². The van der Waals surface area contributed by atoms with E-state index < -0.39 is 0 Å². The van der Waals surface area contributed by atoms with Gasteiger partial charge in [0.15, 0.2) is 0 Å². The number of benzene rings is 1. The Hall–Kier alpha value is -1.55. The summed E-state index contributed by atoms with van der Waals surface area (Å²) in [5.74, 6) is 2.38. The van der Waals surface area contributed by atoms with Gasteiger partial charge in [-0.3, -0.25) is 4.79 Å². The first-order chi connectivity index (χ1) is 11.7. The average Bonchev–Trinajstić information content (AvgIpc) is 3.36. The second kappa shape index (κ2) is 6.75. The first-order valence-electron chi connectivity index (χ1n) is 9.51. The third-order valence-electron chi connectivity index (χ3n) is 5.82. The van der Waals surface area contributed by atoms with E-state index in [-0.39, 0.29) is 0 Å². The molecule has 4 heteroatoms. The molecule has 1 saturated carbocycles. The van der Waals surface area contributed by atoms with E-state index in [1.54, 1.807) is 0 Å². The zero-order valence-electron chi connectivity index (χ0n) is 14.6. The Balaban J connectivity index is 1.33. The van der Waals surface area contributed by atoms with Crippen LogP contribution < -0.4 is 10.1 Å². The lowest BCUT2D eigenvalue weighted by atomic mass is 9.89. The van der Waals surface area contributed by atoms with Gasteiger partial charge in [-0.15, -0.1) is 0 Å². The van der Waals surface area contributed by atoms with Crippen molar-refractivity contribution in [3.63, 3.8) is 0 Å². The molecule has 1 aromatic rings. The number of ether oxygens (including phenoxy) is 1. The SMILES string of the molecule is CC[C@H]1CN(C(=O)C2CC2)CC[C@H]1NCc1ccc2c(c1)CCO2. The molecule has 1 N–H and O–H groups in total.